The average Bonchev–Trinajstić information content (AvgIpc) is 1.80. The lowest BCUT2D eigenvalue weighted by Gasteiger charge is -1.97. The number of hydrogen-bond acceptors (Lipinski definition) is 1. The second-order valence-corrected chi connectivity index (χ2v) is 2.27. The van der Waals surface area contributed by atoms with Crippen LogP contribution in [0.2, 0.25) is 0 Å². The molecule has 0 aromatic heterocycles. The normalized spacial score (nSPS) is 8.60. The zero-order valence-electron chi connectivity index (χ0n) is 6.18. The number of aromatic hydroxyl groups is 1. The van der Waals surface area contributed by atoms with Gasteiger partial charge >= 0.3 is 0 Å². The maximum absolute atomic E-state index is 8.94. The van der Waals surface area contributed by atoms with Crippen molar-refractivity contribution in [1.29, 1.82) is 0 Å². The zero-order valence-corrected chi connectivity index (χ0v) is 6.18. The van der Waals surface area contributed by atoms with E-state index in [1.807, 2.05) is 19.9 Å². The zero-order chi connectivity index (χ0) is 6.85. The Morgan fingerprint density at radius 2 is 1.80 bits per heavy atom. The molecule has 0 aliphatic carbocycles. The van der Waals surface area contributed by atoms with Crippen LogP contribution in [0.25, 0.3) is 0 Å². The molecule has 3 N–H and O–H groups in total. The third-order valence-corrected chi connectivity index (χ3v) is 1.49. The van der Waals surface area contributed by atoms with E-state index in [1.165, 1.54) is 5.56 Å². The summed E-state index contributed by atoms with van der Waals surface area (Å²) < 4.78 is 0. The second-order valence-electron chi connectivity index (χ2n) is 2.27. The summed E-state index contributed by atoms with van der Waals surface area (Å²) in [7, 11) is 0. The van der Waals surface area contributed by atoms with Gasteiger partial charge in [0.25, 0.3) is 0 Å². The Hall–Kier alpha value is -1.02. The summed E-state index contributed by atoms with van der Waals surface area (Å²) >= 11 is 0. The highest BCUT2D eigenvalue weighted by Crippen LogP contribution is 2.13. The number of hydrogen-bond donors (Lipinski definition) is 1. The first-order valence-electron chi connectivity index (χ1n) is 2.96. The van der Waals surface area contributed by atoms with Crippen molar-refractivity contribution in [2.75, 3.05) is 0 Å². The number of phenolic OH excluding ortho intramolecular Hbond substituents is 1. The van der Waals surface area contributed by atoms with Crippen LogP contribution in [0.15, 0.2) is 18.2 Å². The van der Waals surface area contributed by atoms with Gasteiger partial charge in [0.15, 0.2) is 0 Å². The van der Waals surface area contributed by atoms with Gasteiger partial charge in [-0.2, -0.15) is 0 Å². The standard InChI is InChI=1S/C8H10O.H2O.H2/c1-6-3-4-8(9)5-7(6)2;;/h3-5,9H,1-2H3;1H2;1H. The Balaban J connectivity index is 0. The van der Waals surface area contributed by atoms with Crippen molar-refractivity contribution in [3.05, 3.63) is 29.3 Å². The van der Waals surface area contributed by atoms with E-state index in [2.05, 4.69) is 0 Å². The molecule has 0 fully saturated rings. The molecule has 58 valence electrons. The molecule has 0 unspecified atom stereocenters. The molecule has 0 amide bonds. The first-order chi connectivity index (χ1) is 4.20. The van der Waals surface area contributed by atoms with Crippen LogP contribution in [-0.2, 0) is 0 Å². The van der Waals surface area contributed by atoms with Gasteiger partial charge in [0.05, 0.1) is 0 Å². The van der Waals surface area contributed by atoms with Crippen LogP contribution in [0.5, 0.6) is 5.75 Å². The van der Waals surface area contributed by atoms with Crippen LogP contribution in [0, 0.1) is 13.8 Å². The van der Waals surface area contributed by atoms with Crippen LogP contribution in [0.1, 0.15) is 12.6 Å². The van der Waals surface area contributed by atoms with Crippen molar-refractivity contribution in [3.8, 4) is 5.75 Å². The quantitative estimate of drug-likeness (QED) is 0.585. The average molecular weight is 142 g/mol. The second kappa shape index (κ2) is 3.22. The topological polar surface area (TPSA) is 51.7 Å². The number of phenols is 1. The van der Waals surface area contributed by atoms with E-state index in [-0.39, 0.29) is 6.90 Å². The van der Waals surface area contributed by atoms with E-state index in [4.69, 9.17) is 5.11 Å². The highest BCUT2D eigenvalue weighted by molar-refractivity contribution is 5.32. The van der Waals surface area contributed by atoms with E-state index < -0.39 is 0 Å². The van der Waals surface area contributed by atoms with E-state index in [1.54, 1.807) is 12.1 Å². The first kappa shape index (κ1) is 8.98. The van der Waals surface area contributed by atoms with Gasteiger partial charge in [-0.3, -0.25) is 0 Å². The smallest absolute Gasteiger partial charge is 0.115 e. The fourth-order valence-corrected chi connectivity index (χ4v) is 0.726. The Kier molecular flexibility index (Phi) is 2.90. The molecule has 0 saturated carbocycles. The Labute approximate surface area is 61.9 Å². The van der Waals surface area contributed by atoms with E-state index in [9.17, 15) is 0 Å². The van der Waals surface area contributed by atoms with E-state index in [0.29, 0.717) is 5.75 Å². The Morgan fingerprint density at radius 3 is 2.20 bits per heavy atom. The molecule has 0 spiro atoms. The molecule has 2 heteroatoms. The predicted octanol–water partition coefficient (Wildman–Crippen LogP) is 1.43. The molecule has 2 nitrogen and oxygen atoms in total. The molecule has 1 aromatic carbocycles. The molecule has 0 atom stereocenters. The lowest BCUT2D eigenvalue weighted by Crippen LogP contribution is -1.76. The summed E-state index contributed by atoms with van der Waals surface area (Å²) in [5, 5.41) is 8.94. The van der Waals surface area contributed by atoms with Crippen molar-refractivity contribution in [2.45, 2.75) is 13.8 Å². The number of aryl methyl sites for hydroxylation is 2. The summed E-state index contributed by atoms with van der Waals surface area (Å²) in [6.07, 6.45) is 0. The van der Waals surface area contributed by atoms with Crippen molar-refractivity contribution in [1.82, 2.24) is 0 Å². The monoisotopic (exact) mass is 142 g/mol. The maximum atomic E-state index is 8.94. The number of rotatable bonds is 0. The minimum Gasteiger partial charge on any atom is -0.508 e. The molecular formula is C8H14O2. The lowest BCUT2D eigenvalue weighted by atomic mass is 10.1. The minimum atomic E-state index is 0. The SMILES string of the molecule is Cc1ccc(O)cc1C.O.[HH]. The first-order valence-corrected chi connectivity index (χ1v) is 2.96. The molecule has 1 aromatic rings. The molecule has 0 heterocycles. The summed E-state index contributed by atoms with van der Waals surface area (Å²) in [6, 6.07) is 5.36. The highest BCUT2D eigenvalue weighted by atomic mass is 16.3. The summed E-state index contributed by atoms with van der Waals surface area (Å²) in [5.41, 5.74) is 2.35. The van der Waals surface area contributed by atoms with Crippen molar-refractivity contribution in [3.63, 3.8) is 0 Å². The summed E-state index contributed by atoms with van der Waals surface area (Å²) in [6.45, 7) is 4.00. The van der Waals surface area contributed by atoms with Gasteiger partial charge in [-0.1, -0.05) is 6.07 Å². The Bertz CT molecular complexity index is 223. The van der Waals surface area contributed by atoms with Crippen LogP contribution >= 0.6 is 0 Å². The third kappa shape index (κ3) is 1.74. The third-order valence-electron chi connectivity index (χ3n) is 1.49. The molecular weight excluding hydrogens is 128 g/mol. The maximum Gasteiger partial charge on any atom is 0.115 e. The van der Waals surface area contributed by atoms with Crippen LogP contribution in [0.4, 0.5) is 0 Å². The van der Waals surface area contributed by atoms with Gasteiger partial charge in [-0.05, 0) is 37.1 Å². The fraction of sp³-hybridized carbons (Fsp3) is 0.250. The van der Waals surface area contributed by atoms with Crippen LogP contribution < -0.4 is 0 Å². The Morgan fingerprint density at radius 1 is 1.20 bits per heavy atom. The highest BCUT2D eigenvalue weighted by Gasteiger charge is 1.90. The van der Waals surface area contributed by atoms with Crippen molar-refractivity contribution >= 4 is 0 Å². The fourth-order valence-electron chi connectivity index (χ4n) is 0.726. The van der Waals surface area contributed by atoms with Crippen LogP contribution in [0.3, 0.4) is 0 Å². The van der Waals surface area contributed by atoms with E-state index >= 15 is 0 Å². The molecule has 0 saturated heterocycles. The molecule has 0 radical (unpaired) electrons. The van der Waals surface area contributed by atoms with Gasteiger partial charge in [0, 0.05) is 1.43 Å². The molecule has 1 rings (SSSR count). The molecule has 0 bridgehead atoms. The molecule has 0 aliphatic heterocycles. The van der Waals surface area contributed by atoms with Gasteiger partial charge in [-0.15, -0.1) is 0 Å². The number of benzene rings is 1. The summed E-state index contributed by atoms with van der Waals surface area (Å²) in [5.74, 6) is 0.345. The molecule has 10 heavy (non-hydrogen) atoms. The van der Waals surface area contributed by atoms with Crippen molar-refractivity contribution in [2.24, 2.45) is 0 Å². The van der Waals surface area contributed by atoms with Crippen molar-refractivity contribution < 1.29 is 12.0 Å². The largest absolute Gasteiger partial charge is 0.508 e. The molecule has 0 aliphatic rings. The van der Waals surface area contributed by atoms with Gasteiger partial charge in [-0.25, -0.2) is 0 Å². The summed E-state index contributed by atoms with van der Waals surface area (Å²) in [4.78, 5) is 0. The predicted molar refractivity (Wildman–Crippen MR) is 43.3 cm³/mol. The van der Waals surface area contributed by atoms with Gasteiger partial charge in [0.1, 0.15) is 5.75 Å². The van der Waals surface area contributed by atoms with Gasteiger partial charge in [0.2, 0.25) is 0 Å². The van der Waals surface area contributed by atoms with Gasteiger partial charge < -0.3 is 10.6 Å². The lowest BCUT2D eigenvalue weighted by molar-refractivity contribution is 0.474. The minimum absolute atomic E-state index is 0. The van der Waals surface area contributed by atoms with Crippen LogP contribution in [-0.4, -0.2) is 10.6 Å². The van der Waals surface area contributed by atoms with E-state index in [0.717, 1.165) is 5.56 Å².